The largest absolute Gasteiger partial charge is 0.447 e. The maximum atomic E-state index is 10.9. The van der Waals surface area contributed by atoms with Crippen LogP contribution in [0.15, 0.2) is 30.3 Å². The van der Waals surface area contributed by atoms with Crippen LogP contribution in [0.4, 0.5) is 4.79 Å². The molecule has 1 atom stereocenters. The van der Waals surface area contributed by atoms with Crippen molar-refractivity contribution in [3.63, 3.8) is 0 Å². The van der Waals surface area contributed by atoms with Gasteiger partial charge in [-0.15, -0.1) is 0 Å². The Balaban J connectivity index is 1.69. The lowest BCUT2D eigenvalue weighted by atomic mass is 10.0. The van der Waals surface area contributed by atoms with Gasteiger partial charge in [0, 0.05) is 0 Å². The molecule has 1 amide bonds. The summed E-state index contributed by atoms with van der Waals surface area (Å²) < 4.78 is 4.85. The summed E-state index contributed by atoms with van der Waals surface area (Å²) in [6, 6.07) is 8.68. The van der Waals surface area contributed by atoms with Crippen LogP contribution in [0, 0.1) is 0 Å². The maximum absolute atomic E-state index is 10.9. The quantitative estimate of drug-likeness (QED) is 0.671. The van der Waals surface area contributed by atoms with Gasteiger partial charge in [0.1, 0.15) is 6.61 Å². The average Bonchev–Trinajstić information content (AvgIpc) is 2.95. The van der Waals surface area contributed by atoms with E-state index in [1.807, 2.05) is 12.2 Å². The van der Waals surface area contributed by atoms with Crippen LogP contribution in [-0.2, 0) is 11.2 Å². The minimum atomic E-state index is -0.330. The summed E-state index contributed by atoms with van der Waals surface area (Å²) in [7, 11) is 0. The number of carbonyl (C=O) groups is 1. The van der Waals surface area contributed by atoms with Crippen molar-refractivity contribution < 1.29 is 9.53 Å². The molecule has 0 unspecified atom stereocenters. The Kier molecular flexibility index (Phi) is 7.01. The van der Waals surface area contributed by atoms with Gasteiger partial charge in [-0.05, 0) is 24.0 Å². The Hall–Kier alpha value is -1.77. The van der Waals surface area contributed by atoms with Crippen molar-refractivity contribution in [2.75, 3.05) is 6.61 Å². The molecule has 0 radical (unpaired) electrons. The van der Waals surface area contributed by atoms with Crippen LogP contribution in [-0.4, -0.2) is 18.7 Å². The summed E-state index contributed by atoms with van der Waals surface area (Å²) in [5.41, 5.74) is 2.57. The average molecular weight is 301 g/mol. The van der Waals surface area contributed by atoms with E-state index in [0.29, 0.717) is 6.61 Å². The van der Waals surface area contributed by atoms with E-state index in [4.69, 9.17) is 4.74 Å². The lowest BCUT2D eigenvalue weighted by Gasteiger charge is -2.03. The predicted molar refractivity (Wildman–Crippen MR) is 90.8 cm³/mol. The monoisotopic (exact) mass is 301 g/mol. The van der Waals surface area contributed by atoms with E-state index in [0.717, 1.165) is 5.56 Å². The number of alkyl carbamates (subject to hydrolysis) is 1. The van der Waals surface area contributed by atoms with E-state index < -0.39 is 0 Å². The molecule has 1 aliphatic heterocycles. The van der Waals surface area contributed by atoms with Gasteiger partial charge in [0.15, 0.2) is 0 Å². The van der Waals surface area contributed by atoms with E-state index in [1.54, 1.807) is 0 Å². The zero-order valence-electron chi connectivity index (χ0n) is 13.5. The number of unbranched alkanes of at least 4 members (excludes halogenated alkanes) is 5. The van der Waals surface area contributed by atoms with E-state index in [-0.39, 0.29) is 12.1 Å². The highest BCUT2D eigenvalue weighted by Gasteiger charge is 2.18. The molecule has 1 N–H and O–H groups in total. The highest BCUT2D eigenvalue weighted by Crippen LogP contribution is 2.12. The fraction of sp³-hybridized carbons (Fsp3) is 0.526. The van der Waals surface area contributed by atoms with Gasteiger partial charge in [-0.2, -0.15) is 0 Å². The normalized spacial score (nSPS) is 17.7. The SMILES string of the molecule is CCCCCCCCc1ccc(C=C[C@@H]2COC(=O)N2)cc1. The number of ether oxygens (including phenoxy) is 1. The predicted octanol–water partition coefficient (Wildman–Crippen LogP) is 4.71. The van der Waals surface area contributed by atoms with E-state index >= 15 is 0 Å². The zero-order valence-corrected chi connectivity index (χ0v) is 13.5. The molecule has 0 aliphatic carbocycles. The van der Waals surface area contributed by atoms with Crippen molar-refractivity contribution in [2.45, 2.75) is 57.9 Å². The third kappa shape index (κ3) is 5.92. The Labute approximate surface area is 133 Å². The highest BCUT2D eigenvalue weighted by molar-refractivity contribution is 5.70. The first-order valence-corrected chi connectivity index (χ1v) is 8.48. The second-order valence-electron chi connectivity index (χ2n) is 5.97. The summed E-state index contributed by atoms with van der Waals surface area (Å²) in [6.07, 6.45) is 12.9. The van der Waals surface area contributed by atoms with E-state index in [2.05, 4.69) is 36.5 Å². The molecule has 3 nitrogen and oxygen atoms in total. The van der Waals surface area contributed by atoms with Gasteiger partial charge in [-0.25, -0.2) is 4.79 Å². The lowest BCUT2D eigenvalue weighted by molar-refractivity contribution is 0.177. The van der Waals surface area contributed by atoms with Crippen LogP contribution in [0.1, 0.15) is 56.6 Å². The Bertz CT molecular complexity index is 479. The first kappa shape index (κ1) is 16.6. The van der Waals surface area contributed by atoms with Gasteiger partial charge >= 0.3 is 6.09 Å². The lowest BCUT2D eigenvalue weighted by Crippen LogP contribution is -2.23. The van der Waals surface area contributed by atoms with Crippen LogP contribution < -0.4 is 5.32 Å². The first-order valence-electron chi connectivity index (χ1n) is 8.48. The molecule has 0 bridgehead atoms. The van der Waals surface area contributed by atoms with E-state index in [1.165, 1.54) is 50.5 Å². The van der Waals surface area contributed by atoms with Gasteiger partial charge in [-0.3, -0.25) is 0 Å². The molecular weight excluding hydrogens is 274 g/mol. The fourth-order valence-corrected chi connectivity index (χ4v) is 2.64. The number of aryl methyl sites for hydroxylation is 1. The van der Waals surface area contributed by atoms with Crippen LogP contribution in [0.5, 0.6) is 0 Å². The number of hydrogen-bond acceptors (Lipinski definition) is 2. The smallest absolute Gasteiger partial charge is 0.407 e. The second kappa shape index (κ2) is 9.29. The van der Waals surface area contributed by atoms with Crippen molar-refractivity contribution >= 4 is 12.2 Å². The molecule has 120 valence electrons. The maximum Gasteiger partial charge on any atom is 0.407 e. The summed E-state index contributed by atoms with van der Waals surface area (Å²) in [5, 5.41) is 2.74. The zero-order chi connectivity index (χ0) is 15.6. The number of rotatable bonds is 9. The number of cyclic esters (lactones) is 1. The van der Waals surface area contributed by atoms with Gasteiger partial charge in [0.05, 0.1) is 6.04 Å². The van der Waals surface area contributed by atoms with Crippen molar-refractivity contribution in [2.24, 2.45) is 0 Å². The molecule has 0 spiro atoms. The molecule has 1 aromatic rings. The van der Waals surface area contributed by atoms with Crippen LogP contribution in [0.2, 0.25) is 0 Å². The molecule has 1 fully saturated rings. The molecule has 1 aromatic carbocycles. The fourth-order valence-electron chi connectivity index (χ4n) is 2.64. The second-order valence-corrected chi connectivity index (χ2v) is 5.97. The van der Waals surface area contributed by atoms with Gasteiger partial charge in [0.2, 0.25) is 0 Å². The number of hydrogen-bond donors (Lipinski definition) is 1. The standard InChI is InChI=1S/C19H27NO2/c1-2-3-4-5-6-7-8-16-9-11-17(12-10-16)13-14-18-15-22-19(21)20-18/h9-14,18H,2-8,15H2,1H3,(H,20,21)/t18-/m1/s1. The highest BCUT2D eigenvalue weighted by atomic mass is 16.6. The molecule has 2 rings (SSSR count). The molecule has 22 heavy (non-hydrogen) atoms. The molecule has 3 heteroatoms. The minimum absolute atomic E-state index is 0.00435. The molecule has 1 saturated heterocycles. The molecular formula is C19H27NO2. The van der Waals surface area contributed by atoms with Gasteiger partial charge in [-0.1, -0.05) is 75.4 Å². The number of carbonyl (C=O) groups excluding carboxylic acids is 1. The minimum Gasteiger partial charge on any atom is -0.447 e. The summed E-state index contributed by atoms with van der Waals surface area (Å²) in [4.78, 5) is 10.9. The van der Waals surface area contributed by atoms with Crippen molar-refractivity contribution in [1.82, 2.24) is 5.32 Å². The van der Waals surface area contributed by atoms with Gasteiger partial charge < -0.3 is 10.1 Å². The third-order valence-electron chi connectivity index (χ3n) is 4.02. The number of amides is 1. The summed E-state index contributed by atoms with van der Waals surface area (Å²) >= 11 is 0. The van der Waals surface area contributed by atoms with Crippen molar-refractivity contribution in [1.29, 1.82) is 0 Å². The van der Waals surface area contributed by atoms with E-state index in [9.17, 15) is 4.79 Å². The molecule has 0 saturated carbocycles. The summed E-state index contributed by atoms with van der Waals surface area (Å²) in [6.45, 7) is 2.68. The van der Waals surface area contributed by atoms with Crippen molar-refractivity contribution in [3.05, 3.63) is 41.5 Å². The van der Waals surface area contributed by atoms with Crippen LogP contribution in [0.25, 0.3) is 6.08 Å². The Morgan fingerprint density at radius 2 is 1.86 bits per heavy atom. The molecule has 1 heterocycles. The Morgan fingerprint density at radius 3 is 2.55 bits per heavy atom. The van der Waals surface area contributed by atoms with Crippen LogP contribution >= 0.6 is 0 Å². The first-order chi connectivity index (χ1) is 10.8. The number of nitrogens with one attached hydrogen (secondary N) is 1. The third-order valence-corrected chi connectivity index (χ3v) is 4.02. The topological polar surface area (TPSA) is 38.3 Å². The Morgan fingerprint density at radius 1 is 1.14 bits per heavy atom. The number of benzene rings is 1. The molecule has 0 aromatic heterocycles. The van der Waals surface area contributed by atoms with Gasteiger partial charge in [0.25, 0.3) is 0 Å². The van der Waals surface area contributed by atoms with Crippen molar-refractivity contribution in [3.8, 4) is 0 Å². The van der Waals surface area contributed by atoms with Crippen LogP contribution in [0.3, 0.4) is 0 Å². The molecule has 1 aliphatic rings. The summed E-state index contributed by atoms with van der Waals surface area (Å²) in [5.74, 6) is 0.